The van der Waals surface area contributed by atoms with Crippen LogP contribution < -0.4 is 9.47 Å². The molecule has 0 saturated heterocycles. The molecule has 0 radical (unpaired) electrons. The van der Waals surface area contributed by atoms with Gasteiger partial charge < -0.3 is 23.7 Å². The first-order valence-electron chi connectivity index (χ1n) is 6.18. The summed E-state index contributed by atoms with van der Waals surface area (Å²) in [5, 5.41) is 0. The topological polar surface area (TPSA) is 63.2 Å². The zero-order chi connectivity index (χ0) is 14.8. The van der Waals surface area contributed by atoms with Gasteiger partial charge >= 0.3 is 5.97 Å². The van der Waals surface area contributed by atoms with Gasteiger partial charge in [-0.3, -0.25) is 0 Å². The van der Waals surface area contributed by atoms with Crippen molar-refractivity contribution in [2.24, 2.45) is 0 Å². The number of hydrogen-bond acceptors (Lipinski definition) is 6. The molecular weight excluding hydrogens is 264 g/mol. The van der Waals surface area contributed by atoms with Gasteiger partial charge in [0, 0.05) is 20.3 Å². The van der Waals surface area contributed by atoms with Gasteiger partial charge in [0.15, 0.2) is 0 Å². The second-order valence-electron chi connectivity index (χ2n) is 3.87. The van der Waals surface area contributed by atoms with Crippen molar-refractivity contribution < 1.29 is 28.5 Å². The van der Waals surface area contributed by atoms with Crippen LogP contribution in [0.2, 0.25) is 0 Å². The van der Waals surface area contributed by atoms with E-state index in [0.717, 1.165) is 0 Å². The summed E-state index contributed by atoms with van der Waals surface area (Å²) < 4.78 is 25.5. The molecule has 20 heavy (non-hydrogen) atoms. The second-order valence-corrected chi connectivity index (χ2v) is 3.87. The van der Waals surface area contributed by atoms with E-state index in [-0.39, 0.29) is 0 Å². The van der Waals surface area contributed by atoms with Crippen LogP contribution in [0, 0.1) is 0 Å². The summed E-state index contributed by atoms with van der Waals surface area (Å²) in [6, 6.07) is 4.91. The fourth-order valence-corrected chi connectivity index (χ4v) is 1.46. The quantitative estimate of drug-likeness (QED) is 0.506. The highest BCUT2D eigenvalue weighted by molar-refractivity contribution is 5.90. The first kappa shape index (κ1) is 16.3. The normalized spacial score (nSPS) is 10.2. The fourth-order valence-electron chi connectivity index (χ4n) is 1.46. The Hall–Kier alpha value is -1.79. The van der Waals surface area contributed by atoms with Crippen LogP contribution in [0.4, 0.5) is 0 Å². The molecule has 6 heteroatoms. The SMILES string of the molecule is COCCOc1cc(OCCOC)cc(C(=O)OC)c1. The number of methoxy groups -OCH3 is 3. The van der Waals surface area contributed by atoms with E-state index in [1.165, 1.54) is 7.11 Å². The third-order valence-electron chi connectivity index (χ3n) is 2.41. The number of rotatable bonds is 9. The summed E-state index contributed by atoms with van der Waals surface area (Å²) in [5.41, 5.74) is 0.370. The van der Waals surface area contributed by atoms with Crippen LogP contribution in [0.5, 0.6) is 11.5 Å². The van der Waals surface area contributed by atoms with Gasteiger partial charge in [-0.15, -0.1) is 0 Å². The minimum atomic E-state index is -0.446. The van der Waals surface area contributed by atoms with E-state index in [1.54, 1.807) is 32.4 Å². The molecule has 0 unspecified atom stereocenters. The van der Waals surface area contributed by atoms with E-state index in [9.17, 15) is 4.79 Å². The summed E-state index contributed by atoms with van der Waals surface area (Å²) >= 11 is 0. The molecular formula is C14H20O6. The van der Waals surface area contributed by atoms with E-state index >= 15 is 0 Å². The Morgan fingerprint density at radius 1 is 0.850 bits per heavy atom. The fraction of sp³-hybridized carbons (Fsp3) is 0.500. The molecule has 0 N–H and O–H groups in total. The lowest BCUT2D eigenvalue weighted by atomic mass is 10.2. The molecule has 0 aliphatic heterocycles. The highest BCUT2D eigenvalue weighted by Crippen LogP contribution is 2.23. The number of esters is 1. The van der Waals surface area contributed by atoms with E-state index in [4.69, 9.17) is 23.7 Å². The molecule has 0 spiro atoms. The van der Waals surface area contributed by atoms with Crippen LogP contribution in [0.1, 0.15) is 10.4 Å². The van der Waals surface area contributed by atoms with Crippen LogP contribution in [0.15, 0.2) is 18.2 Å². The van der Waals surface area contributed by atoms with Crippen molar-refractivity contribution in [2.75, 3.05) is 47.8 Å². The Labute approximate surface area is 118 Å². The lowest BCUT2D eigenvalue weighted by Gasteiger charge is -2.11. The van der Waals surface area contributed by atoms with Crippen LogP contribution >= 0.6 is 0 Å². The molecule has 112 valence electrons. The number of benzene rings is 1. The lowest BCUT2D eigenvalue weighted by Crippen LogP contribution is -2.08. The standard InChI is InChI=1S/C14H20O6/c1-16-4-6-19-12-8-11(14(15)18-3)9-13(10-12)20-7-5-17-2/h8-10H,4-7H2,1-3H3. The van der Waals surface area contributed by atoms with E-state index in [0.29, 0.717) is 43.5 Å². The summed E-state index contributed by atoms with van der Waals surface area (Å²) in [5.74, 6) is 0.605. The summed E-state index contributed by atoms with van der Waals surface area (Å²) in [6.07, 6.45) is 0. The van der Waals surface area contributed by atoms with Crippen molar-refractivity contribution >= 4 is 5.97 Å². The molecule has 0 heterocycles. The highest BCUT2D eigenvalue weighted by Gasteiger charge is 2.10. The zero-order valence-corrected chi connectivity index (χ0v) is 12.0. The maximum Gasteiger partial charge on any atom is 0.338 e. The van der Waals surface area contributed by atoms with Gasteiger partial charge in [-0.25, -0.2) is 4.79 Å². The minimum Gasteiger partial charge on any atom is -0.491 e. The molecule has 1 aromatic rings. The predicted octanol–water partition coefficient (Wildman–Crippen LogP) is 1.52. The molecule has 0 aliphatic carbocycles. The summed E-state index contributed by atoms with van der Waals surface area (Å²) in [7, 11) is 4.51. The van der Waals surface area contributed by atoms with Crippen LogP contribution in [-0.4, -0.2) is 53.7 Å². The van der Waals surface area contributed by atoms with Gasteiger partial charge in [-0.1, -0.05) is 0 Å². The summed E-state index contributed by atoms with van der Waals surface area (Å²) in [6.45, 7) is 1.70. The second kappa shape index (κ2) is 9.17. The Morgan fingerprint density at radius 3 is 1.75 bits per heavy atom. The molecule has 1 rings (SSSR count). The van der Waals surface area contributed by atoms with Crippen molar-refractivity contribution in [3.63, 3.8) is 0 Å². The number of carbonyl (C=O) groups excluding carboxylic acids is 1. The van der Waals surface area contributed by atoms with Gasteiger partial charge in [-0.2, -0.15) is 0 Å². The molecule has 0 bridgehead atoms. The van der Waals surface area contributed by atoms with Crippen molar-refractivity contribution in [1.29, 1.82) is 0 Å². The predicted molar refractivity (Wildman–Crippen MR) is 72.5 cm³/mol. The third-order valence-corrected chi connectivity index (χ3v) is 2.41. The number of hydrogen-bond donors (Lipinski definition) is 0. The van der Waals surface area contributed by atoms with Gasteiger partial charge in [-0.05, 0) is 12.1 Å². The van der Waals surface area contributed by atoms with Crippen LogP contribution in [0.3, 0.4) is 0 Å². The van der Waals surface area contributed by atoms with Crippen molar-refractivity contribution in [3.8, 4) is 11.5 Å². The van der Waals surface area contributed by atoms with E-state index in [2.05, 4.69) is 0 Å². The monoisotopic (exact) mass is 284 g/mol. The zero-order valence-electron chi connectivity index (χ0n) is 12.0. The van der Waals surface area contributed by atoms with E-state index in [1.807, 2.05) is 0 Å². The lowest BCUT2D eigenvalue weighted by molar-refractivity contribution is 0.0599. The molecule has 6 nitrogen and oxygen atoms in total. The van der Waals surface area contributed by atoms with Crippen molar-refractivity contribution in [3.05, 3.63) is 23.8 Å². The molecule has 0 atom stereocenters. The van der Waals surface area contributed by atoms with Gasteiger partial charge in [0.2, 0.25) is 0 Å². The Morgan fingerprint density at radius 2 is 1.35 bits per heavy atom. The average molecular weight is 284 g/mol. The number of ether oxygens (including phenoxy) is 5. The minimum absolute atomic E-state index is 0.370. The average Bonchev–Trinajstić information content (AvgIpc) is 2.47. The van der Waals surface area contributed by atoms with Gasteiger partial charge in [0.25, 0.3) is 0 Å². The Bertz CT molecular complexity index is 390. The highest BCUT2D eigenvalue weighted by atomic mass is 16.5. The van der Waals surface area contributed by atoms with Crippen LogP contribution in [-0.2, 0) is 14.2 Å². The van der Waals surface area contributed by atoms with Crippen LogP contribution in [0.25, 0.3) is 0 Å². The largest absolute Gasteiger partial charge is 0.491 e. The Balaban J connectivity index is 2.80. The molecule has 0 amide bonds. The molecule has 0 fully saturated rings. The maximum atomic E-state index is 11.6. The molecule has 0 aromatic heterocycles. The molecule has 0 aliphatic rings. The molecule has 1 aromatic carbocycles. The molecule has 0 saturated carbocycles. The number of carbonyl (C=O) groups is 1. The Kier molecular flexibility index (Phi) is 7.46. The first-order chi connectivity index (χ1) is 9.71. The smallest absolute Gasteiger partial charge is 0.338 e. The summed E-state index contributed by atoms with van der Waals surface area (Å²) in [4.78, 5) is 11.6. The van der Waals surface area contributed by atoms with Crippen molar-refractivity contribution in [1.82, 2.24) is 0 Å². The first-order valence-corrected chi connectivity index (χ1v) is 6.18. The third kappa shape index (κ3) is 5.46. The van der Waals surface area contributed by atoms with Gasteiger partial charge in [0.1, 0.15) is 24.7 Å². The maximum absolute atomic E-state index is 11.6. The van der Waals surface area contributed by atoms with E-state index < -0.39 is 5.97 Å². The van der Waals surface area contributed by atoms with Crippen molar-refractivity contribution in [2.45, 2.75) is 0 Å². The van der Waals surface area contributed by atoms with Gasteiger partial charge in [0.05, 0.1) is 25.9 Å².